The highest BCUT2D eigenvalue weighted by Gasteiger charge is 2.15. The van der Waals surface area contributed by atoms with E-state index in [4.69, 9.17) is 0 Å². The van der Waals surface area contributed by atoms with E-state index in [1.54, 1.807) is 11.9 Å². The molecule has 18 heavy (non-hydrogen) atoms. The Hall–Kier alpha value is -2.18. The van der Waals surface area contributed by atoms with E-state index in [1.165, 1.54) is 6.20 Å². The number of carbonyl (C=O) groups is 1. The number of likely N-dealkylation sites (N-methyl/N-ethyl adjacent to an activating group) is 1. The molecular formula is C11H16N6O. The van der Waals surface area contributed by atoms with Gasteiger partial charge in [-0.25, -0.2) is 0 Å². The fourth-order valence-corrected chi connectivity index (χ4v) is 1.82. The average molecular weight is 248 g/mol. The lowest BCUT2D eigenvalue weighted by Gasteiger charge is -2.15. The number of aromatic nitrogens is 5. The van der Waals surface area contributed by atoms with Crippen LogP contribution in [0.3, 0.4) is 0 Å². The second kappa shape index (κ2) is 4.99. The first-order valence-corrected chi connectivity index (χ1v) is 5.71. The summed E-state index contributed by atoms with van der Waals surface area (Å²) in [6.07, 6.45) is 2.20. The van der Waals surface area contributed by atoms with Crippen molar-refractivity contribution in [2.24, 2.45) is 0 Å². The van der Waals surface area contributed by atoms with Gasteiger partial charge in [0.05, 0.1) is 11.9 Å². The molecule has 0 saturated heterocycles. The normalized spacial score (nSPS) is 10.6. The van der Waals surface area contributed by atoms with Crippen LogP contribution in [0.1, 0.15) is 27.4 Å². The Balaban J connectivity index is 1.97. The maximum atomic E-state index is 11.9. The molecular weight excluding hydrogens is 232 g/mol. The molecule has 2 rings (SSSR count). The molecule has 0 aliphatic carbocycles. The molecule has 0 atom stereocenters. The smallest absolute Gasteiger partial charge is 0.275 e. The van der Waals surface area contributed by atoms with Crippen molar-refractivity contribution >= 4 is 5.91 Å². The number of nitrogens with zero attached hydrogens (tertiary/aromatic N) is 4. The highest BCUT2D eigenvalue weighted by molar-refractivity contribution is 5.91. The molecule has 2 N–H and O–H groups in total. The van der Waals surface area contributed by atoms with Crippen LogP contribution in [0, 0.1) is 13.8 Å². The van der Waals surface area contributed by atoms with Crippen molar-refractivity contribution in [3.8, 4) is 0 Å². The molecule has 2 aromatic heterocycles. The highest BCUT2D eigenvalue weighted by Crippen LogP contribution is 2.10. The number of nitrogens with one attached hydrogen (secondary N) is 2. The summed E-state index contributed by atoms with van der Waals surface area (Å²) < 4.78 is 0. The van der Waals surface area contributed by atoms with Crippen molar-refractivity contribution in [3.05, 3.63) is 28.8 Å². The number of hydrogen-bond donors (Lipinski definition) is 2. The molecule has 7 heteroatoms. The Kier molecular flexibility index (Phi) is 3.40. The van der Waals surface area contributed by atoms with Crippen LogP contribution in [0.5, 0.6) is 0 Å². The molecule has 7 nitrogen and oxygen atoms in total. The minimum absolute atomic E-state index is 0.137. The number of carbonyl (C=O) groups excluding carboxylic acids is 1. The van der Waals surface area contributed by atoms with Crippen LogP contribution in [0.4, 0.5) is 0 Å². The molecule has 0 aromatic carbocycles. The second-order valence-electron chi connectivity index (χ2n) is 4.24. The summed E-state index contributed by atoms with van der Waals surface area (Å²) in [6, 6.07) is 0. The van der Waals surface area contributed by atoms with Crippen LogP contribution in [0.15, 0.2) is 6.20 Å². The van der Waals surface area contributed by atoms with Crippen molar-refractivity contribution in [2.75, 3.05) is 13.6 Å². The SMILES string of the molecule is Cc1n[nH]c(C)c1CCN(C)C(=O)c1cn[nH]n1. The number of hydrogen-bond acceptors (Lipinski definition) is 4. The van der Waals surface area contributed by atoms with Gasteiger partial charge in [-0.1, -0.05) is 0 Å². The van der Waals surface area contributed by atoms with Crippen LogP contribution in [-0.4, -0.2) is 50.0 Å². The van der Waals surface area contributed by atoms with Gasteiger partial charge in [-0.05, 0) is 25.8 Å². The van der Waals surface area contributed by atoms with E-state index in [-0.39, 0.29) is 5.91 Å². The van der Waals surface area contributed by atoms with Crippen molar-refractivity contribution in [2.45, 2.75) is 20.3 Å². The number of aromatic amines is 2. The molecule has 0 unspecified atom stereocenters. The predicted octanol–water partition coefficient (Wildman–Crippen LogP) is 0.459. The minimum atomic E-state index is -0.137. The lowest BCUT2D eigenvalue weighted by Crippen LogP contribution is -2.29. The Bertz CT molecular complexity index is 510. The predicted molar refractivity (Wildman–Crippen MR) is 65.1 cm³/mol. The summed E-state index contributed by atoms with van der Waals surface area (Å²) >= 11 is 0. The summed E-state index contributed by atoms with van der Waals surface area (Å²) in [5, 5.41) is 16.9. The molecule has 0 aliphatic rings. The van der Waals surface area contributed by atoms with Crippen LogP contribution in [0.25, 0.3) is 0 Å². The van der Waals surface area contributed by atoms with Gasteiger partial charge in [0, 0.05) is 19.3 Å². The molecule has 0 spiro atoms. The van der Waals surface area contributed by atoms with E-state index >= 15 is 0 Å². The van der Waals surface area contributed by atoms with E-state index < -0.39 is 0 Å². The van der Waals surface area contributed by atoms with E-state index in [0.717, 1.165) is 23.4 Å². The summed E-state index contributed by atoms with van der Waals surface area (Å²) in [5.74, 6) is -0.137. The maximum absolute atomic E-state index is 11.9. The fourth-order valence-electron chi connectivity index (χ4n) is 1.82. The topological polar surface area (TPSA) is 90.6 Å². The van der Waals surface area contributed by atoms with Crippen LogP contribution < -0.4 is 0 Å². The molecule has 2 aromatic rings. The zero-order valence-electron chi connectivity index (χ0n) is 10.7. The first-order chi connectivity index (χ1) is 8.59. The summed E-state index contributed by atoms with van der Waals surface area (Å²) in [5.41, 5.74) is 3.53. The van der Waals surface area contributed by atoms with E-state index in [2.05, 4.69) is 25.6 Å². The van der Waals surface area contributed by atoms with Crippen molar-refractivity contribution < 1.29 is 4.79 Å². The minimum Gasteiger partial charge on any atom is -0.340 e. The van der Waals surface area contributed by atoms with Crippen LogP contribution in [-0.2, 0) is 6.42 Å². The maximum Gasteiger partial charge on any atom is 0.275 e. The highest BCUT2D eigenvalue weighted by atomic mass is 16.2. The zero-order valence-corrected chi connectivity index (χ0v) is 10.7. The van der Waals surface area contributed by atoms with Gasteiger partial charge in [0.25, 0.3) is 5.91 Å². The van der Waals surface area contributed by atoms with Crippen LogP contribution >= 0.6 is 0 Å². The Morgan fingerprint density at radius 1 is 1.39 bits per heavy atom. The third kappa shape index (κ3) is 2.39. The molecule has 0 radical (unpaired) electrons. The van der Waals surface area contributed by atoms with Gasteiger partial charge in [0.2, 0.25) is 0 Å². The number of H-pyrrole nitrogens is 2. The molecule has 2 heterocycles. The lowest BCUT2D eigenvalue weighted by molar-refractivity contribution is 0.0790. The monoisotopic (exact) mass is 248 g/mol. The summed E-state index contributed by atoms with van der Waals surface area (Å²) in [4.78, 5) is 13.5. The van der Waals surface area contributed by atoms with Gasteiger partial charge in [-0.15, -0.1) is 0 Å². The second-order valence-corrected chi connectivity index (χ2v) is 4.24. The Labute approximate surface area is 105 Å². The zero-order chi connectivity index (χ0) is 13.1. The summed E-state index contributed by atoms with van der Waals surface area (Å²) in [6.45, 7) is 4.56. The number of aryl methyl sites for hydroxylation is 2. The molecule has 0 aliphatic heterocycles. The summed E-state index contributed by atoms with van der Waals surface area (Å²) in [7, 11) is 1.75. The Morgan fingerprint density at radius 3 is 2.72 bits per heavy atom. The van der Waals surface area contributed by atoms with Crippen molar-refractivity contribution in [1.29, 1.82) is 0 Å². The lowest BCUT2D eigenvalue weighted by atomic mass is 10.1. The molecule has 96 valence electrons. The van der Waals surface area contributed by atoms with Gasteiger partial charge >= 0.3 is 0 Å². The Morgan fingerprint density at radius 2 is 2.17 bits per heavy atom. The van der Waals surface area contributed by atoms with Crippen molar-refractivity contribution in [1.82, 2.24) is 30.5 Å². The fraction of sp³-hybridized carbons (Fsp3) is 0.455. The van der Waals surface area contributed by atoms with Crippen molar-refractivity contribution in [3.63, 3.8) is 0 Å². The quantitative estimate of drug-likeness (QED) is 0.822. The van der Waals surface area contributed by atoms with Gasteiger partial charge in [-0.3, -0.25) is 9.89 Å². The molecule has 0 saturated carbocycles. The molecule has 0 fully saturated rings. The largest absolute Gasteiger partial charge is 0.340 e. The van der Waals surface area contributed by atoms with E-state index in [9.17, 15) is 4.79 Å². The number of rotatable bonds is 4. The first-order valence-electron chi connectivity index (χ1n) is 5.71. The van der Waals surface area contributed by atoms with Gasteiger partial charge in [-0.2, -0.15) is 20.5 Å². The molecule has 0 bridgehead atoms. The van der Waals surface area contributed by atoms with Gasteiger partial charge < -0.3 is 4.90 Å². The number of amides is 1. The van der Waals surface area contributed by atoms with Gasteiger partial charge in [0.1, 0.15) is 0 Å². The first kappa shape index (κ1) is 12.3. The third-order valence-corrected chi connectivity index (χ3v) is 2.96. The third-order valence-electron chi connectivity index (χ3n) is 2.96. The average Bonchev–Trinajstić information content (AvgIpc) is 2.97. The standard InChI is InChI=1S/C11H16N6O/c1-7-9(8(2)14-13-7)4-5-17(3)11(18)10-6-12-16-15-10/h6H,4-5H2,1-3H3,(H,13,14)(H,12,15,16). The van der Waals surface area contributed by atoms with E-state index in [0.29, 0.717) is 12.2 Å². The van der Waals surface area contributed by atoms with Gasteiger partial charge in [0.15, 0.2) is 5.69 Å². The molecule has 1 amide bonds. The van der Waals surface area contributed by atoms with Crippen LogP contribution in [0.2, 0.25) is 0 Å². The van der Waals surface area contributed by atoms with E-state index in [1.807, 2.05) is 13.8 Å².